The van der Waals surface area contributed by atoms with Crippen LogP contribution in [0.4, 0.5) is 13.4 Å². The van der Waals surface area contributed by atoms with Crippen LogP contribution in [0.15, 0.2) is 0 Å². The predicted molar refractivity (Wildman–Crippen MR) is 22.4 cm³/mol. The Bertz CT molecular complexity index is 57.5. The highest BCUT2D eigenvalue weighted by molar-refractivity contribution is 4.29. The van der Waals surface area contributed by atoms with Gasteiger partial charge in [-0.05, 0) is 17.4 Å². The first-order valence-electron chi connectivity index (χ1n) is 2.04. The number of hydrazine groups is 1. The Morgan fingerprint density at radius 2 is 1.75 bits per heavy atom. The van der Waals surface area contributed by atoms with Crippen molar-refractivity contribution in [3.63, 3.8) is 0 Å². The molecule has 0 fully saturated rings. The molecule has 0 heterocycles. The average Bonchev–Trinajstić information content (AvgIpc) is 1.64. The lowest BCUT2D eigenvalue weighted by Gasteiger charge is -2.14. The summed E-state index contributed by atoms with van der Waals surface area (Å²) in [4.78, 5) is 0. The van der Waals surface area contributed by atoms with Crippen LogP contribution in [0.3, 0.4) is 0 Å². The maximum Gasteiger partial charge on any atom is 0.195 e. The topological polar surface area (TPSA) is 6.48 Å². The Morgan fingerprint density at radius 1 is 1.38 bits per heavy atom. The van der Waals surface area contributed by atoms with E-state index in [1.165, 1.54) is 0 Å². The van der Waals surface area contributed by atoms with Crippen molar-refractivity contribution in [2.24, 2.45) is 0 Å². The summed E-state index contributed by atoms with van der Waals surface area (Å²) >= 11 is 0. The van der Waals surface area contributed by atoms with Crippen LogP contribution in [0.5, 0.6) is 0 Å². The van der Waals surface area contributed by atoms with E-state index in [4.69, 9.17) is 0 Å². The fraction of sp³-hybridized carbons (Fsp3) is 1.00. The molecule has 0 bridgehead atoms. The fourth-order valence-corrected chi connectivity index (χ4v) is 0.219. The number of hydrogen-bond acceptors (Lipinski definition) is 2. The molecule has 0 N–H and O–H groups in total. The van der Waals surface area contributed by atoms with Crippen molar-refractivity contribution in [2.45, 2.75) is 13.2 Å². The number of hydrogen-bond donors (Lipinski definition) is 0. The molecular weight excluding hydrogens is 121 g/mol. The molecule has 0 saturated carbocycles. The molecule has 0 aliphatic carbocycles. The highest BCUT2D eigenvalue weighted by Gasteiger charge is 2.15. The first kappa shape index (κ1) is 7.71. The number of rotatable bonds is 2. The highest BCUT2D eigenvalue weighted by Crippen LogP contribution is 2.03. The number of halogens is 3. The zero-order valence-electron chi connectivity index (χ0n) is 4.61. The van der Waals surface area contributed by atoms with Crippen molar-refractivity contribution in [3.8, 4) is 0 Å². The Morgan fingerprint density at radius 3 is 1.75 bits per heavy atom. The Balaban J connectivity index is 3.46. The van der Waals surface area contributed by atoms with E-state index in [-0.39, 0.29) is 0 Å². The van der Waals surface area contributed by atoms with Crippen molar-refractivity contribution in [2.75, 3.05) is 7.05 Å². The van der Waals surface area contributed by atoms with Crippen molar-refractivity contribution in [3.05, 3.63) is 0 Å². The molecule has 1 atom stereocenters. The van der Waals surface area contributed by atoms with Gasteiger partial charge in [-0.15, -0.1) is 8.96 Å². The third kappa shape index (κ3) is 2.13. The second-order valence-corrected chi connectivity index (χ2v) is 1.31. The van der Waals surface area contributed by atoms with Crippen LogP contribution in [0.2, 0.25) is 0 Å². The number of alkyl halides is 1. The van der Waals surface area contributed by atoms with E-state index in [0.717, 1.165) is 14.0 Å². The minimum absolute atomic E-state index is 0.468. The quantitative estimate of drug-likeness (QED) is 0.313. The summed E-state index contributed by atoms with van der Waals surface area (Å²) < 4.78 is 34.8. The first-order chi connectivity index (χ1) is 3.55. The van der Waals surface area contributed by atoms with E-state index in [9.17, 15) is 13.4 Å². The summed E-state index contributed by atoms with van der Waals surface area (Å²) in [6, 6.07) is 0. The average molecular weight is 128 g/mol. The molecule has 0 amide bonds. The van der Waals surface area contributed by atoms with Crippen LogP contribution < -0.4 is 0 Å². The van der Waals surface area contributed by atoms with Crippen LogP contribution in [0.25, 0.3) is 0 Å². The van der Waals surface area contributed by atoms with Crippen molar-refractivity contribution < 1.29 is 13.4 Å². The molecule has 0 radical (unpaired) electrons. The first-order valence-corrected chi connectivity index (χ1v) is 2.04. The highest BCUT2D eigenvalue weighted by atomic mass is 19.3. The van der Waals surface area contributed by atoms with Gasteiger partial charge in [-0.2, -0.15) is 0 Å². The van der Waals surface area contributed by atoms with Gasteiger partial charge in [-0.3, -0.25) is 0 Å². The Hall–Kier alpha value is -0.290. The van der Waals surface area contributed by atoms with Gasteiger partial charge in [0.25, 0.3) is 0 Å². The molecule has 2 nitrogen and oxygen atoms in total. The summed E-state index contributed by atoms with van der Waals surface area (Å²) in [6.07, 6.45) is -1.94. The third-order valence-electron chi connectivity index (χ3n) is 0.557. The number of nitrogens with zero attached hydrogens (tertiary/aromatic N) is 2. The van der Waals surface area contributed by atoms with Gasteiger partial charge in [-0.25, -0.2) is 4.39 Å². The normalized spacial score (nSPS) is 15.4. The van der Waals surface area contributed by atoms with Gasteiger partial charge in [0, 0.05) is 7.05 Å². The third-order valence-corrected chi connectivity index (χ3v) is 0.557. The molecular formula is C3H7F3N2. The van der Waals surface area contributed by atoms with Gasteiger partial charge in [0.05, 0.1) is 0 Å². The molecule has 0 aliphatic heterocycles. The van der Waals surface area contributed by atoms with Gasteiger partial charge in [0.2, 0.25) is 0 Å². The summed E-state index contributed by atoms with van der Waals surface area (Å²) in [5, 5.41) is -1.13. The monoisotopic (exact) mass is 128 g/mol. The predicted octanol–water partition coefficient (Wildman–Crippen LogP) is 1.22. The second-order valence-electron chi connectivity index (χ2n) is 1.31. The SMILES string of the molecule is CC(F)N(F)N(C)F. The van der Waals surface area contributed by atoms with Gasteiger partial charge < -0.3 is 0 Å². The van der Waals surface area contributed by atoms with Crippen LogP contribution in [-0.2, 0) is 0 Å². The standard InChI is InChI=1S/C3H7F3N2/c1-3(4)8(6)7(2)5/h3H,1-2H3. The van der Waals surface area contributed by atoms with E-state index in [2.05, 4.69) is 0 Å². The van der Waals surface area contributed by atoms with Crippen LogP contribution in [0, 0.1) is 0 Å². The molecule has 8 heavy (non-hydrogen) atoms. The minimum Gasteiger partial charge on any atom is -0.226 e. The van der Waals surface area contributed by atoms with Crippen molar-refractivity contribution >= 4 is 0 Å². The molecule has 0 aliphatic rings. The molecule has 0 rings (SSSR count). The Labute approximate surface area is 45.3 Å². The maximum absolute atomic E-state index is 11.7. The molecule has 0 aromatic carbocycles. The Kier molecular flexibility index (Phi) is 2.78. The molecule has 5 heteroatoms. The van der Waals surface area contributed by atoms with E-state index in [1.54, 1.807) is 0 Å². The largest absolute Gasteiger partial charge is 0.226 e. The van der Waals surface area contributed by atoms with Gasteiger partial charge in [0.1, 0.15) is 0 Å². The van der Waals surface area contributed by atoms with Crippen molar-refractivity contribution in [1.82, 2.24) is 10.5 Å². The van der Waals surface area contributed by atoms with Gasteiger partial charge in [-0.1, -0.05) is 0 Å². The van der Waals surface area contributed by atoms with Gasteiger partial charge in [0.15, 0.2) is 6.30 Å². The lowest BCUT2D eigenvalue weighted by molar-refractivity contribution is -0.295. The van der Waals surface area contributed by atoms with Crippen molar-refractivity contribution in [1.29, 1.82) is 0 Å². The zero-order chi connectivity index (χ0) is 6.73. The fourth-order valence-electron chi connectivity index (χ4n) is 0.219. The van der Waals surface area contributed by atoms with Crippen LogP contribution in [-0.4, -0.2) is 23.8 Å². The van der Waals surface area contributed by atoms with Gasteiger partial charge >= 0.3 is 0 Å². The lowest BCUT2D eigenvalue weighted by Crippen LogP contribution is -2.31. The second kappa shape index (κ2) is 2.88. The minimum atomic E-state index is -1.94. The van der Waals surface area contributed by atoms with Crippen LogP contribution in [0.1, 0.15) is 6.92 Å². The van der Waals surface area contributed by atoms with E-state index < -0.39 is 16.8 Å². The summed E-state index contributed by atoms with van der Waals surface area (Å²) in [6.45, 7) is 0.885. The maximum atomic E-state index is 11.7. The smallest absolute Gasteiger partial charge is 0.195 e. The molecule has 50 valence electrons. The van der Waals surface area contributed by atoms with E-state index in [1.807, 2.05) is 0 Å². The lowest BCUT2D eigenvalue weighted by atomic mass is 10.7. The summed E-state index contributed by atoms with van der Waals surface area (Å²) in [5.74, 6) is 0. The van der Waals surface area contributed by atoms with E-state index in [0.29, 0.717) is 0 Å². The molecule has 0 aromatic heterocycles. The molecule has 1 unspecified atom stereocenters. The molecule has 0 aromatic rings. The zero-order valence-corrected chi connectivity index (χ0v) is 4.61. The molecule has 0 saturated heterocycles. The molecule has 0 spiro atoms. The van der Waals surface area contributed by atoms with Crippen LogP contribution >= 0.6 is 0 Å². The summed E-state index contributed by atoms with van der Waals surface area (Å²) in [7, 11) is 0.760. The summed E-state index contributed by atoms with van der Waals surface area (Å²) in [5.41, 5.74) is 0. The van der Waals surface area contributed by atoms with E-state index >= 15 is 0 Å².